The van der Waals surface area contributed by atoms with Gasteiger partial charge >= 0.3 is 0 Å². The van der Waals surface area contributed by atoms with Gasteiger partial charge < -0.3 is 10.1 Å². The van der Waals surface area contributed by atoms with E-state index >= 15 is 0 Å². The number of hydrogen-bond donors (Lipinski definition) is 1. The van der Waals surface area contributed by atoms with Gasteiger partial charge in [0.1, 0.15) is 0 Å². The van der Waals surface area contributed by atoms with Gasteiger partial charge in [-0.2, -0.15) is 5.10 Å². The van der Waals surface area contributed by atoms with E-state index in [1.807, 2.05) is 25.7 Å². The van der Waals surface area contributed by atoms with E-state index < -0.39 is 0 Å². The Morgan fingerprint density at radius 1 is 1.55 bits per heavy atom. The van der Waals surface area contributed by atoms with Crippen LogP contribution in [-0.4, -0.2) is 60.1 Å². The second-order valence-electron chi connectivity index (χ2n) is 5.37. The summed E-state index contributed by atoms with van der Waals surface area (Å²) >= 11 is 6.35. The molecule has 2 heterocycles. The van der Waals surface area contributed by atoms with E-state index in [0.29, 0.717) is 0 Å². The fourth-order valence-electron chi connectivity index (χ4n) is 2.79. The Bertz CT molecular complexity index is 449. The lowest BCUT2D eigenvalue weighted by Gasteiger charge is -2.36. The second-order valence-corrected chi connectivity index (χ2v) is 5.75. The number of hydrogen-bond acceptors (Lipinski definition) is 4. The molecule has 2 rings (SSSR count). The summed E-state index contributed by atoms with van der Waals surface area (Å²) in [5.74, 6) is 0. The van der Waals surface area contributed by atoms with Crippen molar-refractivity contribution in [2.24, 2.45) is 7.05 Å². The topological polar surface area (TPSA) is 42.3 Å². The third kappa shape index (κ3) is 3.34. The standard InChI is InChI=1S/C14H25ClN4O/c1-5-19-6-7-20-13(9-19)11(16-3)8-12-14(15)10(2)17-18(12)4/h11,13,16H,5-9H2,1-4H3. The van der Waals surface area contributed by atoms with Gasteiger partial charge in [0.25, 0.3) is 0 Å². The van der Waals surface area contributed by atoms with Crippen LogP contribution in [0.2, 0.25) is 5.02 Å². The molecule has 0 spiro atoms. The molecule has 0 radical (unpaired) electrons. The smallest absolute Gasteiger partial charge is 0.0858 e. The van der Waals surface area contributed by atoms with Gasteiger partial charge in [0.05, 0.1) is 29.1 Å². The van der Waals surface area contributed by atoms with E-state index in [9.17, 15) is 0 Å². The zero-order valence-corrected chi connectivity index (χ0v) is 13.6. The molecule has 20 heavy (non-hydrogen) atoms. The molecule has 0 saturated carbocycles. The zero-order chi connectivity index (χ0) is 14.7. The largest absolute Gasteiger partial charge is 0.374 e. The van der Waals surface area contributed by atoms with Gasteiger partial charge in [-0.1, -0.05) is 18.5 Å². The quantitative estimate of drug-likeness (QED) is 0.888. The summed E-state index contributed by atoms with van der Waals surface area (Å²) < 4.78 is 7.82. The summed E-state index contributed by atoms with van der Waals surface area (Å²) in [5.41, 5.74) is 1.96. The number of rotatable bonds is 5. The summed E-state index contributed by atoms with van der Waals surface area (Å²) in [5, 5.41) is 8.53. The minimum atomic E-state index is 0.194. The third-order valence-corrected chi connectivity index (χ3v) is 4.61. The number of likely N-dealkylation sites (N-methyl/N-ethyl adjacent to an activating group) is 2. The summed E-state index contributed by atoms with van der Waals surface area (Å²) in [6.07, 6.45) is 1.02. The Balaban J connectivity index is 2.08. The monoisotopic (exact) mass is 300 g/mol. The normalized spacial score (nSPS) is 22.1. The highest BCUT2D eigenvalue weighted by atomic mass is 35.5. The van der Waals surface area contributed by atoms with Crippen molar-refractivity contribution in [2.75, 3.05) is 33.3 Å². The molecule has 1 aliphatic rings. The van der Waals surface area contributed by atoms with E-state index in [1.54, 1.807) is 0 Å². The van der Waals surface area contributed by atoms with Crippen molar-refractivity contribution >= 4 is 11.6 Å². The summed E-state index contributed by atoms with van der Waals surface area (Å²) in [7, 11) is 3.93. The van der Waals surface area contributed by atoms with Crippen molar-refractivity contribution in [3.05, 3.63) is 16.4 Å². The van der Waals surface area contributed by atoms with Crippen molar-refractivity contribution in [2.45, 2.75) is 32.4 Å². The van der Waals surface area contributed by atoms with Gasteiger partial charge in [-0.3, -0.25) is 9.58 Å². The lowest BCUT2D eigenvalue weighted by Crippen LogP contribution is -2.52. The highest BCUT2D eigenvalue weighted by Crippen LogP contribution is 2.22. The van der Waals surface area contributed by atoms with Gasteiger partial charge in [-0.25, -0.2) is 0 Å². The van der Waals surface area contributed by atoms with Crippen LogP contribution in [-0.2, 0) is 18.2 Å². The average molecular weight is 301 g/mol. The van der Waals surface area contributed by atoms with Gasteiger partial charge in [0.15, 0.2) is 0 Å². The lowest BCUT2D eigenvalue weighted by atomic mass is 10.0. The Labute approximate surface area is 126 Å². The fourth-order valence-corrected chi connectivity index (χ4v) is 3.03. The van der Waals surface area contributed by atoms with Crippen molar-refractivity contribution in [3.63, 3.8) is 0 Å². The fraction of sp³-hybridized carbons (Fsp3) is 0.786. The van der Waals surface area contributed by atoms with E-state index in [4.69, 9.17) is 16.3 Å². The minimum absolute atomic E-state index is 0.194. The van der Waals surface area contributed by atoms with Gasteiger partial charge in [0.2, 0.25) is 0 Å². The van der Waals surface area contributed by atoms with Crippen LogP contribution < -0.4 is 5.32 Å². The lowest BCUT2D eigenvalue weighted by molar-refractivity contribution is -0.0438. The molecule has 2 atom stereocenters. The maximum absolute atomic E-state index is 6.35. The summed E-state index contributed by atoms with van der Waals surface area (Å²) in [6, 6.07) is 0.247. The predicted octanol–water partition coefficient (Wildman–Crippen LogP) is 1.23. The first-order valence-corrected chi connectivity index (χ1v) is 7.63. The van der Waals surface area contributed by atoms with Crippen molar-refractivity contribution in [1.29, 1.82) is 0 Å². The number of aromatic nitrogens is 2. The van der Waals surface area contributed by atoms with Crippen LogP contribution in [0.25, 0.3) is 0 Å². The van der Waals surface area contributed by atoms with Crippen LogP contribution in [0, 0.1) is 6.92 Å². The number of nitrogens with zero attached hydrogens (tertiary/aromatic N) is 3. The average Bonchev–Trinajstić information content (AvgIpc) is 2.70. The zero-order valence-electron chi connectivity index (χ0n) is 12.8. The molecule has 0 aliphatic carbocycles. The van der Waals surface area contributed by atoms with Gasteiger partial charge in [0, 0.05) is 32.6 Å². The highest BCUT2D eigenvalue weighted by Gasteiger charge is 2.28. The van der Waals surface area contributed by atoms with Crippen LogP contribution in [0.5, 0.6) is 0 Å². The van der Waals surface area contributed by atoms with Crippen molar-refractivity contribution < 1.29 is 4.74 Å². The summed E-state index contributed by atoms with van der Waals surface area (Å²) in [4.78, 5) is 2.43. The van der Waals surface area contributed by atoms with Gasteiger partial charge in [-0.15, -0.1) is 0 Å². The number of ether oxygens (including phenoxy) is 1. The Hall–Kier alpha value is -0.620. The number of morpholine rings is 1. The van der Waals surface area contributed by atoms with E-state index in [1.165, 1.54) is 0 Å². The van der Waals surface area contributed by atoms with Crippen molar-refractivity contribution in [3.8, 4) is 0 Å². The van der Waals surface area contributed by atoms with Crippen LogP contribution in [0.3, 0.4) is 0 Å². The number of halogens is 1. The van der Waals surface area contributed by atoms with Crippen LogP contribution in [0.15, 0.2) is 0 Å². The van der Waals surface area contributed by atoms with Crippen molar-refractivity contribution in [1.82, 2.24) is 20.0 Å². The maximum atomic E-state index is 6.35. The maximum Gasteiger partial charge on any atom is 0.0858 e. The molecule has 1 aromatic heterocycles. The minimum Gasteiger partial charge on any atom is -0.374 e. The molecule has 114 valence electrons. The van der Waals surface area contributed by atoms with Gasteiger partial charge in [-0.05, 0) is 20.5 Å². The molecule has 0 amide bonds. The molecule has 1 aromatic rings. The molecule has 6 heteroatoms. The number of aryl methyl sites for hydroxylation is 2. The highest BCUT2D eigenvalue weighted by molar-refractivity contribution is 6.31. The molecule has 2 unspecified atom stereocenters. The van der Waals surface area contributed by atoms with E-state index in [-0.39, 0.29) is 12.1 Å². The van der Waals surface area contributed by atoms with E-state index in [0.717, 1.165) is 49.1 Å². The first-order valence-electron chi connectivity index (χ1n) is 7.26. The Morgan fingerprint density at radius 3 is 2.85 bits per heavy atom. The SMILES string of the molecule is CCN1CCOC(C(Cc2c(Cl)c(C)nn2C)NC)C1. The Morgan fingerprint density at radius 2 is 2.30 bits per heavy atom. The molecule has 1 saturated heterocycles. The van der Waals surface area contributed by atoms with Crippen LogP contribution in [0.1, 0.15) is 18.3 Å². The predicted molar refractivity (Wildman–Crippen MR) is 81.4 cm³/mol. The molecule has 0 aromatic carbocycles. The molecule has 0 bridgehead atoms. The first-order chi connectivity index (χ1) is 9.56. The molecular formula is C14H25ClN4O. The summed E-state index contributed by atoms with van der Waals surface area (Å²) in [6.45, 7) is 8.00. The molecule has 1 N–H and O–H groups in total. The second kappa shape index (κ2) is 6.89. The van der Waals surface area contributed by atoms with E-state index in [2.05, 4.69) is 22.2 Å². The molecule has 1 aliphatic heterocycles. The first kappa shape index (κ1) is 15.8. The molecule has 5 nitrogen and oxygen atoms in total. The molecular weight excluding hydrogens is 276 g/mol. The number of nitrogens with one attached hydrogen (secondary N) is 1. The Kier molecular flexibility index (Phi) is 5.43. The van der Waals surface area contributed by atoms with Crippen LogP contribution in [0.4, 0.5) is 0 Å². The molecule has 1 fully saturated rings. The third-order valence-electron chi connectivity index (χ3n) is 4.12. The van der Waals surface area contributed by atoms with Crippen LogP contribution >= 0.6 is 11.6 Å².